The summed E-state index contributed by atoms with van der Waals surface area (Å²) >= 11 is 3.38. The van der Waals surface area contributed by atoms with Crippen LogP contribution in [0, 0.1) is 5.92 Å². The molecule has 0 bridgehead atoms. The lowest BCUT2D eigenvalue weighted by atomic mass is 10.1. The van der Waals surface area contributed by atoms with E-state index in [-0.39, 0.29) is 17.0 Å². The van der Waals surface area contributed by atoms with Gasteiger partial charge in [0.2, 0.25) is 0 Å². The molecule has 0 spiro atoms. The molecule has 0 radical (unpaired) electrons. The number of amides is 1. The number of hydrogen-bond acceptors (Lipinski definition) is 2. The van der Waals surface area contributed by atoms with Crippen molar-refractivity contribution in [3.05, 3.63) is 32.2 Å². The smallest absolute Gasteiger partial charge is 0.261 e. The zero-order chi connectivity index (χ0) is 13.7. The second-order valence-electron chi connectivity index (χ2n) is 4.69. The summed E-state index contributed by atoms with van der Waals surface area (Å²) < 4.78 is 0.777. The molecule has 5 heteroatoms. The van der Waals surface area contributed by atoms with Crippen LogP contribution in [0.3, 0.4) is 0 Å². The summed E-state index contributed by atoms with van der Waals surface area (Å²) in [6.07, 6.45) is 1.72. The molecule has 1 aromatic rings. The lowest BCUT2D eigenvalue weighted by Gasteiger charge is -2.09. The van der Waals surface area contributed by atoms with Crippen LogP contribution in [0.4, 0.5) is 0 Å². The van der Waals surface area contributed by atoms with Gasteiger partial charge in [-0.15, -0.1) is 0 Å². The van der Waals surface area contributed by atoms with Gasteiger partial charge in [0, 0.05) is 16.7 Å². The summed E-state index contributed by atoms with van der Waals surface area (Å²) in [4.78, 5) is 26.4. The number of rotatable bonds is 5. The lowest BCUT2D eigenvalue weighted by Crippen LogP contribution is -2.32. The van der Waals surface area contributed by atoms with Crippen LogP contribution in [0.15, 0.2) is 15.3 Å². The van der Waals surface area contributed by atoms with Crippen LogP contribution < -0.4 is 10.9 Å². The van der Waals surface area contributed by atoms with Crippen LogP contribution in [0.1, 0.15) is 43.2 Å². The highest BCUT2D eigenvalue weighted by Gasteiger charge is 2.13. The second-order valence-corrected chi connectivity index (χ2v) is 5.55. The number of hydrogen-bond donors (Lipinski definition) is 2. The molecule has 1 rings (SSSR count). The Morgan fingerprint density at radius 2 is 2.17 bits per heavy atom. The van der Waals surface area contributed by atoms with Crippen molar-refractivity contribution in [2.45, 2.75) is 33.6 Å². The van der Waals surface area contributed by atoms with E-state index in [0.29, 0.717) is 12.5 Å². The molecule has 0 atom stereocenters. The normalized spacial score (nSPS) is 10.7. The van der Waals surface area contributed by atoms with E-state index in [1.54, 1.807) is 6.07 Å². The molecule has 1 amide bonds. The van der Waals surface area contributed by atoms with Crippen LogP contribution in [0.5, 0.6) is 0 Å². The van der Waals surface area contributed by atoms with Gasteiger partial charge in [0.05, 0.1) is 0 Å². The van der Waals surface area contributed by atoms with Crippen molar-refractivity contribution >= 4 is 21.8 Å². The summed E-state index contributed by atoms with van der Waals surface area (Å²) in [7, 11) is 0. The highest BCUT2D eigenvalue weighted by molar-refractivity contribution is 9.10. The topological polar surface area (TPSA) is 62.0 Å². The minimum Gasteiger partial charge on any atom is -0.352 e. The number of carbonyl (C=O) groups is 1. The van der Waals surface area contributed by atoms with Gasteiger partial charge < -0.3 is 10.3 Å². The second kappa shape index (κ2) is 6.73. The first-order valence-electron chi connectivity index (χ1n) is 6.15. The van der Waals surface area contributed by atoms with E-state index in [2.05, 4.69) is 26.2 Å². The van der Waals surface area contributed by atoms with Crippen molar-refractivity contribution in [1.29, 1.82) is 0 Å². The van der Waals surface area contributed by atoms with Crippen LogP contribution in [0.2, 0.25) is 0 Å². The number of aromatic amines is 1. The fraction of sp³-hybridized carbons (Fsp3) is 0.538. The number of aromatic nitrogens is 1. The van der Waals surface area contributed by atoms with E-state index >= 15 is 0 Å². The van der Waals surface area contributed by atoms with Crippen LogP contribution in [-0.2, 0) is 6.42 Å². The maximum atomic E-state index is 11.8. The van der Waals surface area contributed by atoms with Crippen molar-refractivity contribution in [2.24, 2.45) is 5.92 Å². The number of pyridine rings is 1. The number of carbonyl (C=O) groups excluding carboxylic acids is 1. The third-order valence-corrected chi connectivity index (χ3v) is 3.19. The number of halogens is 1. The summed E-state index contributed by atoms with van der Waals surface area (Å²) in [6.45, 7) is 6.61. The molecule has 0 aliphatic rings. The van der Waals surface area contributed by atoms with Gasteiger partial charge in [0.15, 0.2) is 0 Å². The predicted molar refractivity (Wildman–Crippen MR) is 75.9 cm³/mol. The molecule has 0 aliphatic heterocycles. The Balaban J connectivity index is 2.93. The summed E-state index contributed by atoms with van der Waals surface area (Å²) in [5.41, 5.74) is 0.660. The maximum absolute atomic E-state index is 11.8. The van der Waals surface area contributed by atoms with Crippen LogP contribution in [0.25, 0.3) is 0 Å². The van der Waals surface area contributed by atoms with Crippen LogP contribution >= 0.6 is 15.9 Å². The van der Waals surface area contributed by atoms with Crippen LogP contribution in [-0.4, -0.2) is 17.4 Å². The van der Waals surface area contributed by atoms with Crippen molar-refractivity contribution in [1.82, 2.24) is 10.3 Å². The Labute approximate surface area is 115 Å². The summed E-state index contributed by atoms with van der Waals surface area (Å²) in [6, 6.07) is 1.60. The SMILES string of the molecule is CCCc1[nH]c(=O)c(C(=O)NCC(C)C)cc1Br. The third-order valence-electron chi connectivity index (χ3n) is 2.48. The Bertz CT molecular complexity index is 480. The largest absolute Gasteiger partial charge is 0.352 e. The van der Waals surface area contributed by atoms with E-state index in [1.807, 2.05) is 20.8 Å². The Hall–Kier alpha value is -1.10. The zero-order valence-electron chi connectivity index (χ0n) is 11.0. The third kappa shape index (κ3) is 3.98. The van der Waals surface area contributed by atoms with E-state index in [1.165, 1.54) is 0 Å². The van der Waals surface area contributed by atoms with Gasteiger partial charge in [-0.1, -0.05) is 27.2 Å². The standard InChI is InChI=1S/C13H19BrN2O2/c1-4-5-11-10(14)6-9(13(18)16-11)12(17)15-7-8(2)3/h6,8H,4-5,7H2,1-3H3,(H,15,17)(H,16,18). The average Bonchev–Trinajstić information content (AvgIpc) is 2.30. The molecule has 1 aromatic heterocycles. The highest BCUT2D eigenvalue weighted by Crippen LogP contribution is 2.15. The average molecular weight is 315 g/mol. The molecule has 0 fully saturated rings. The predicted octanol–water partition coefficient (Wildman–Crippen LogP) is 2.48. The maximum Gasteiger partial charge on any atom is 0.261 e. The quantitative estimate of drug-likeness (QED) is 0.877. The minimum atomic E-state index is -0.331. The lowest BCUT2D eigenvalue weighted by molar-refractivity contribution is 0.0947. The number of nitrogens with one attached hydrogen (secondary N) is 2. The van der Waals surface area contributed by atoms with Gasteiger partial charge in [0.1, 0.15) is 5.56 Å². The zero-order valence-corrected chi connectivity index (χ0v) is 12.6. The molecule has 0 saturated carbocycles. The number of H-pyrrole nitrogens is 1. The van der Waals surface area contributed by atoms with Gasteiger partial charge in [-0.25, -0.2) is 0 Å². The first-order chi connectivity index (χ1) is 8.45. The van der Waals surface area contributed by atoms with Crippen molar-refractivity contribution in [3.8, 4) is 0 Å². The molecule has 0 saturated heterocycles. The molecule has 0 aliphatic carbocycles. The summed E-state index contributed by atoms with van der Waals surface area (Å²) in [5.74, 6) is 0.0320. The van der Waals surface area contributed by atoms with Crippen molar-refractivity contribution in [2.75, 3.05) is 6.54 Å². The Morgan fingerprint density at radius 1 is 1.50 bits per heavy atom. The molecule has 1 heterocycles. The molecule has 18 heavy (non-hydrogen) atoms. The van der Waals surface area contributed by atoms with E-state index < -0.39 is 0 Å². The fourth-order valence-corrected chi connectivity index (χ4v) is 2.06. The van der Waals surface area contributed by atoms with E-state index in [0.717, 1.165) is 23.0 Å². The van der Waals surface area contributed by atoms with Gasteiger partial charge in [0.25, 0.3) is 11.5 Å². The molecule has 2 N–H and O–H groups in total. The minimum absolute atomic E-state index is 0.155. The molecule has 4 nitrogen and oxygen atoms in total. The summed E-state index contributed by atoms with van der Waals surface area (Å²) in [5, 5.41) is 2.74. The van der Waals surface area contributed by atoms with Gasteiger partial charge in [-0.3, -0.25) is 9.59 Å². The monoisotopic (exact) mass is 314 g/mol. The fourth-order valence-electron chi connectivity index (χ4n) is 1.54. The van der Waals surface area contributed by atoms with Crippen molar-refractivity contribution < 1.29 is 4.79 Å². The first kappa shape index (κ1) is 15.0. The molecule has 0 aromatic carbocycles. The molecule has 0 unspecified atom stereocenters. The van der Waals surface area contributed by atoms with Gasteiger partial charge in [-0.2, -0.15) is 0 Å². The Morgan fingerprint density at radius 3 is 2.72 bits per heavy atom. The first-order valence-corrected chi connectivity index (χ1v) is 6.94. The highest BCUT2D eigenvalue weighted by atomic mass is 79.9. The molecule has 100 valence electrons. The van der Waals surface area contributed by atoms with Crippen molar-refractivity contribution in [3.63, 3.8) is 0 Å². The molecular weight excluding hydrogens is 296 g/mol. The molecular formula is C13H19BrN2O2. The number of aryl methyl sites for hydroxylation is 1. The van der Waals surface area contributed by atoms with E-state index in [9.17, 15) is 9.59 Å². The van der Waals surface area contributed by atoms with Gasteiger partial charge in [-0.05, 0) is 34.3 Å². The van der Waals surface area contributed by atoms with E-state index in [4.69, 9.17) is 0 Å². The Kier molecular flexibility index (Phi) is 5.59. The van der Waals surface area contributed by atoms with Gasteiger partial charge >= 0.3 is 0 Å².